The molecule has 0 spiro atoms. The van der Waals surface area contributed by atoms with Crippen molar-refractivity contribution in [3.05, 3.63) is 104 Å². The van der Waals surface area contributed by atoms with Gasteiger partial charge in [0, 0.05) is 15.7 Å². The van der Waals surface area contributed by atoms with Gasteiger partial charge in [-0.05, 0) is 54.4 Å². The van der Waals surface area contributed by atoms with Gasteiger partial charge in [0.25, 0.3) is 5.91 Å². The molecule has 0 aliphatic carbocycles. The van der Waals surface area contributed by atoms with Crippen LogP contribution in [0.5, 0.6) is 0 Å². The van der Waals surface area contributed by atoms with E-state index < -0.39 is 11.2 Å². The summed E-state index contributed by atoms with van der Waals surface area (Å²) in [5, 5.41) is 13.6. The SMILES string of the molecule is N#C/C(C(=O)Nc1ccc(Cl)cc1Cl)=C1/S[C@@H](Cc2ccc(Cl)cc2)C(=O)N1c1ccccc1. The monoisotopic (exact) mass is 527 g/mol. The number of hydrogen-bond donors (Lipinski definition) is 1. The highest BCUT2D eigenvalue weighted by Crippen LogP contribution is 2.42. The molecule has 1 aliphatic rings. The molecule has 3 aromatic rings. The number of nitrogens with one attached hydrogen (secondary N) is 1. The van der Waals surface area contributed by atoms with Crippen molar-refractivity contribution >= 4 is 69.8 Å². The fourth-order valence-electron chi connectivity index (χ4n) is 3.41. The highest BCUT2D eigenvalue weighted by molar-refractivity contribution is 8.05. The zero-order valence-corrected chi connectivity index (χ0v) is 20.6. The van der Waals surface area contributed by atoms with Gasteiger partial charge in [-0.15, -0.1) is 0 Å². The van der Waals surface area contributed by atoms with Crippen LogP contribution in [-0.2, 0) is 16.0 Å². The molecule has 170 valence electrons. The van der Waals surface area contributed by atoms with E-state index in [0.29, 0.717) is 27.8 Å². The lowest BCUT2D eigenvalue weighted by Gasteiger charge is -2.18. The van der Waals surface area contributed by atoms with E-state index >= 15 is 0 Å². The zero-order valence-electron chi connectivity index (χ0n) is 17.5. The van der Waals surface area contributed by atoms with Crippen molar-refractivity contribution in [2.24, 2.45) is 0 Å². The van der Waals surface area contributed by atoms with Gasteiger partial charge in [0.1, 0.15) is 16.7 Å². The molecule has 2 amide bonds. The third-order valence-corrected chi connectivity index (χ3v) is 7.10. The molecule has 0 aromatic heterocycles. The van der Waals surface area contributed by atoms with E-state index in [1.807, 2.05) is 24.3 Å². The van der Waals surface area contributed by atoms with Gasteiger partial charge in [-0.2, -0.15) is 5.26 Å². The Morgan fingerprint density at radius 3 is 2.32 bits per heavy atom. The van der Waals surface area contributed by atoms with Crippen molar-refractivity contribution in [3.63, 3.8) is 0 Å². The van der Waals surface area contributed by atoms with Crippen molar-refractivity contribution < 1.29 is 9.59 Å². The maximum atomic E-state index is 13.4. The lowest BCUT2D eigenvalue weighted by Crippen LogP contribution is -2.30. The minimum absolute atomic E-state index is 0.188. The minimum atomic E-state index is -0.671. The molecule has 1 aliphatic heterocycles. The van der Waals surface area contributed by atoms with Crippen LogP contribution in [0.15, 0.2) is 83.4 Å². The zero-order chi connectivity index (χ0) is 24.2. The molecule has 9 heteroatoms. The normalized spacial score (nSPS) is 16.8. The summed E-state index contributed by atoms with van der Waals surface area (Å²) in [6.07, 6.45) is 0.414. The smallest absolute Gasteiger partial charge is 0.269 e. The molecule has 1 N–H and O–H groups in total. The fraction of sp³-hybridized carbons (Fsp3) is 0.0800. The van der Waals surface area contributed by atoms with Crippen LogP contribution in [0.3, 0.4) is 0 Å². The highest BCUT2D eigenvalue weighted by atomic mass is 35.5. The largest absolute Gasteiger partial charge is 0.320 e. The van der Waals surface area contributed by atoms with Crippen LogP contribution in [-0.4, -0.2) is 17.1 Å². The summed E-state index contributed by atoms with van der Waals surface area (Å²) < 4.78 is 0. The van der Waals surface area contributed by atoms with Crippen LogP contribution in [0.25, 0.3) is 0 Å². The predicted molar refractivity (Wildman–Crippen MR) is 138 cm³/mol. The molecule has 1 fully saturated rings. The summed E-state index contributed by atoms with van der Waals surface area (Å²) in [6, 6.07) is 22.7. The number of halogens is 3. The van der Waals surface area contributed by atoms with E-state index in [-0.39, 0.29) is 21.5 Å². The molecule has 34 heavy (non-hydrogen) atoms. The van der Waals surface area contributed by atoms with Crippen LogP contribution in [0.4, 0.5) is 11.4 Å². The molecule has 0 radical (unpaired) electrons. The first-order valence-corrected chi connectivity index (χ1v) is 12.1. The third kappa shape index (κ3) is 5.24. The van der Waals surface area contributed by atoms with Crippen LogP contribution in [0, 0.1) is 11.3 Å². The van der Waals surface area contributed by atoms with Crippen LogP contribution < -0.4 is 10.2 Å². The van der Waals surface area contributed by atoms with Gasteiger partial charge in [-0.1, -0.05) is 76.9 Å². The first-order chi connectivity index (χ1) is 16.4. The Hall–Kier alpha value is -2.95. The molecular weight excluding hydrogens is 513 g/mol. The number of thioether (sulfide) groups is 1. The number of nitrogens with zero attached hydrogens (tertiary/aromatic N) is 2. The van der Waals surface area contributed by atoms with Gasteiger partial charge in [0.05, 0.1) is 16.0 Å². The second-order valence-corrected chi connectivity index (χ2v) is 9.79. The number of carbonyl (C=O) groups excluding carboxylic acids is 2. The molecule has 0 bridgehead atoms. The number of carbonyl (C=O) groups is 2. The molecule has 1 atom stereocenters. The maximum absolute atomic E-state index is 13.4. The average molecular weight is 529 g/mol. The Morgan fingerprint density at radius 1 is 1.00 bits per heavy atom. The van der Waals surface area contributed by atoms with Crippen LogP contribution >= 0.6 is 46.6 Å². The van der Waals surface area contributed by atoms with E-state index in [4.69, 9.17) is 34.8 Å². The molecular formula is C25H16Cl3N3O2S. The third-order valence-electron chi connectivity index (χ3n) is 5.03. The molecule has 1 heterocycles. The van der Waals surface area contributed by atoms with E-state index in [2.05, 4.69) is 5.32 Å². The number of anilines is 2. The summed E-state index contributed by atoms with van der Waals surface area (Å²) in [5.41, 5.74) is 1.61. The van der Waals surface area contributed by atoms with Crippen molar-refractivity contribution in [2.75, 3.05) is 10.2 Å². The van der Waals surface area contributed by atoms with Crippen LogP contribution in [0.2, 0.25) is 15.1 Å². The van der Waals surface area contributed by atoms with Gasteiger partial charge < -0.3 is 5.32 Å². The molecule has 1 saturated heterocycles. The molecule has 0 unspecified atom stereocenters. The van der Waals surface area contributed by atoms with Gasteiger partial charge >= 0.3 is 0 Å². The van der Waals surface area contributed by atoms with Crippen molar-refractivity contribution in [1.29, 1.82) is 5.26 Å². The first kappa shape index (κ1) is 24.2. The van der Waals surface area contributed by atoms with Gasteiger partial charge in [-0.3, -0.25) is 14.5 Å². The topological polar surface area (TPSA) is 73.2 Å². The Morgan fingerprint density at radius 2 is 1.68 bits per heavy atom. The Labute approximate surface area is 215 Å². The van der Waals surface area contributed by atoms with Crippen molar-refractivity contribution in [2.45, 2.75) is 11.7 Å². The Balaban J connectivity index is 1.71. The molecule has 4 rings (SSSR count). The number of rotatable bonds is 5. The van der Waals surface area contributed by atoms with Crippen molar-refractivity contribution in [1.82, 2.24) is 0 Å². The van der Waals surface area contributed by atoms with E-state index in [1.54, 1.807) is 48.5 Å². The average Bonchev–Trinajstić information content (AvgIpc) is 3.13. The van der Waals surface area contributed by atoms with E-state index in [0.717, 1.165) is 5.56 Å². The number of para-hydroxylation sites is 1. The highest BCUT2D eigenvalue weighted by Gasteiger charge is 2.40. The minimum Gasteiger partial charge on any atom is -0.320 e. The fourth-order valence-corrected chi connectivity index (χ4v) is 5.30. The van der Waals surface area contributed by atoms with Gasteiger partial charge in [0.2, 0.25) is 5.91 Å². The lowest BCUT2D eigenvalue weighted by atomic mass is 10.1. The summed E-state index contributed by atoms with van der Waals surface area (Å²) in [6.45, 7) is 0. The van der Waals surface area contributed by atoms with E-state index in [9.17, 15) is 14.9 Å². The lowest BCUT2D eigenvalue weighted by molar-refractivity contribution is -0.117. The number of amides is 2. The quantitative estimate of drug-likeness (QED) is 0.295. The summed E-state index contributed by atoms with van der Waals surface area (Å²) in [7, 11) is 0. The number of benzene rings is 3. The second kappa shape index (κ2) is 10.5. The van der Waals surface area contributed by atoms with Crippen molar-refractivity contribution in [3.8, 4) is 6.07 Å². The summed E-state index contributed by atoms with van der Waals surface area (Å²) >= 11 is 19.3. The number of hydrogen-bond acceptors (Lipinski definition) is 4. The van der Waals surface area contributed by atoms with E-state index in [1.165, 1.54) is 22.7 Å². The second-order valence-electron chi connectivity index (χ2n) is 7.32. The molecule has 3 aromatic carbocycles. The number of nitriles is 1. The molecule has 0 saturated carbocycles. The Bertz CT molecular complexity index is 1320. The summed E-state index contributed by atoms with van der Waals surface area (Å²) in [4.78, 5) is 28.0. The summed E-state index contributed by atoms with van der Waals surface area (Å²) in [5.74, 6) is -0.888. The standard InChI is InChI=1S/C25H16Cl3N3O2S/c26-16-8-6-15(7-9-16)12-22-24(33)31(18-4-2-1-3-5-18)25(34-22)19(14-29)23(32)30-21-11-10-17(27)13-20(21)28/h1-11,13,22H,12H2,(H,30,32)/b25-19-/t22-/m0/s1. The van der Waals surface area contributed by atoms with Gasteiger partial charge in [-0.25, -0.2) is 0 Å². The van der Waals surface area contributed by atoms with Gasteiger partial charge in [0.15, 0.2) is 0 Å². The molecule has 5 nitrogen and oxygen atoms in total. The Kier molecular flexibility index (Phi) is 7.50. The predicted octanol–water partition coefficient (Wildman–Crippen LogP) is 6.71. The maximum Gasteiger partial charge on any atom is 0.269 e. The van der Waals surface area contributed by atoms with Crippen LogP contribution in [0.1, 0.15) is 5.56 Å². The first-order valence-electron chi connectivity index (χ1n) is 10.1.